The zero-order chi connectivity index (χ0) is 14.7. The molecular weight excluding hydrogens is 273 g/mol. The zero-order valence-electron chi connectivity index (χ0n) is 10.0. The van der Waals surface area contributed by atoms with Crippen LogP contribution >= 0.6 is 0 Å². The molecule has 20 heavy (non-hydrogen) atoms. The molecular formula is C13H9F3N2O2. The summed E-state index contributed by atoms with van der Waals surface area (Å²) in [6.45, 7) is 0.0473. The Bertz CT molecular complexity index is 639. The van der Waals surface area contributed by atoms with Crippen molar-refractivity contribution in [2.45, 2.75) is 6.54 Å². The smallest absolute Gasteiger partial charge is 0.354 e. The van der Waals surface area contributed by atoms with E-state index in [-0.39, 0.29) is 17.9 Å². The average Bonchev–Trinajstić information content (AvgIpc) is 2.42. The van der Waals surface area contributed by atoms with Crippen molar-refractivity contribution in [1.29, 1.82) is 0 Å². The third-order valence-corrected chi connectivity index (χ3v) is 2.48. The van der Waals surface area contributed by atoms with Gasteiger partial charge in [-0.3, -0.25) is 0 Å². The Morgan fingerprint density at radius 1 is 1.20 bits per heavy atom. The molecule has 0 amide bonds. The normalized spacial score (nSPS) is 10.3. The summed E-state index contributed by atoms with van der Waals surface area (Å²) in [4.78, 5) is 14.6. The third kappa shape index (κ3) is 3.05. The van der Waals surface area contributed by atoms with E-state index in [9.17, 15) is 18.0 Å². The van der Waals surface area contributed by atoms with E-state index in [0.29, 0.717) is 5.69 Å². The Hall–Kier alpha value is -2.57. The zero-order valence-corrected chi connectivity index (χ0v) is 10.0. The number of aromatic nitrogens is 1. The summed E-state index contributed by atoms with van der Waals surface area (Å²) in [6, 6.07) is 5.98. The van der Waals surface area contributed by atoms with Crippen LogP contribution in [0, 0.1) is 17.5 Å². The summed E-state index contributed by atoms with van der Waals surface area (Å²) < 4.78 is 38.7. The maximum atomic E-state index is 13.0. The van der Waals surface area contributed by atoms with Crippen molar-refractivity contribution in [3.8, 4) is 0 Å². The lowest BCUT2D eigenvalue weighted by molar-refractivity contribution is 0.0690. The van der Waals surface area contributed by atoms with E-state index < -0.39 is 23.4 Å². The topological polar surface area (TPSA) is 62.2 Å². The van der Waals surface area contributed by atoms with E-state index in [2.05, 4.69) is 10.3 Å². The third-order valence-electron chi connectivity index (χ3n) is 2.48. The van der Waals surface area contributed by atoms with Crippen molar-refractivity contribution < 1.29 is 23.1 Å². The quantitative estimate of drug-likeness (QED) is 0.846. The molecule has 0 bridgehead atoms. The molecule has 0 fully saturated rings. The minimum atomic E-state index is -1.54. The van der Waals surface area contributed by atoms with Crippen molar-refractivity contribution in [2.24, 2.45) is 0 Å². The monoisotopic (exact) mass is 282 g/mol. The molecule has 0 saturated heterocycles. The van der Waals surface area contributed by atoms with Gasteiger partial charge in [-0.05, 0) is 12.1 Å². The lowest BCUT2D eigenvalue weighted by atomic mass is 10.2. The molecule has 0 aliphatic rings. The van der Waals surface area contributed by atoms with Gasteiger partial charge in [0.15, 0.2) is 17.5 Å². The maximum Gasteiger partial charge on any atom is 0.354 e. The molecule has 1 aromatic carbocycles. The Balaban J connectivity index is 2.13. The lowest BCUT2D eigenvalue weighted by Crippen LogP contribution is -2.07. The van der Waals surface area contributed by atoms with E-state index in [0.717, 1.165) is 12.1 Å². The van der Waals surface area contributed by atoms with E-state index in [1.54, 1.807) is 6.07 Å². The number of hydrogen-bond donors (Lipinski definition) is 2. The van der Waals surface area contributed by atoms with Gasteiger partial charge in [-0.15, -0.1) is 0 Å². The van der Waals surface area contributed by atoms with Crippen molar-refractivity contribution in [3.05, 3.63) is 59.2 Å². The predicted molar refractivity (Wildman–Crippen MR) is 64.8 cm³/mol. The van der Waals surface area contributed by atoms with Crippen LogP contribution in [0.4, 0.5) is 18.9 Å². The number of carboxylic acid groups (broad SMARTS) is 1. The maximum absolute atomic E-state index is 13.0. The Morgan fingerprint density at radius 3 is 2.45 bits per heavy atom. The van der Waals surface area contributed by atoms with Crippen LogP contribution in [-0.2, 0) is 6.54 Å². The number of rotatable bonds is 4. The van der Waals surface area contributed by atoms with Gasteiger partial charge in [0, 0.05) is 17.8 Å². The van der Waals surface area contributed by atoms with Crippen LogP contribution in [0.3, 0.4) is 0 Å². The van der Waals surface area contributed by atoms with Crippen LogP contribution < -0.4 is 5.32 Å². The summed E-state index contributed by atoms with van der Waals surface area (Å²) in [6.07, 6.45) is 0. The molecule has 2 rings (SSSR count). The Morgan fingerprint density at radius 2 is 1.85 bits per heavy atom. The highest BCUT2D eigenvalue weighted by Crippen LogP contribution is 2.17. The lowest BCUT2D eigenvalue weighted by Gasteiger charge is -2.07. The number of halogens is 3. The summed E-state index contributed by atoms with van der Waals surface area (Å²) in [7, 11) is 0. The second-order valence-corrected chi connectivity index (χ2v) is 3.93. The number of pyridine rings is 1. The molecule has 2 N–H and O–H groups in total. The molecule has 104 valence electrons. The molecule has 0 aliphatic heterocycles. The number of carboxylic acids is 1. The van der Waals surface area contributed by atoms with Crippen LogP contribution in [0.25, 0.3) is 0 Å². The molecule has 0 spiro atoms. The summed E-state index contributed by atoms with van der Waals surface area (Å²) in [5, 5.41) is 11.4. The van der Waals surface area contributed by atoms with E-state index in [1.165, 1.54) is 12.1 Å². The second-order valence-electron chi connectivity index (χ2n) is 3.93. The molecule has 7 heteroatoms. The number of benzene rings is 1. The molecule has 2 aromatic rings. The first-order valence-electron chi connectivity index (χ1n) is 5.55. The van der Waals surface area contributed by atoms with Crippen LogP contribution in [0.5, 0.6) is 0 Å². The molecule has 0 radical (unpaired) electrons. The van der Waals surface area contributed by atoms with Gasteiger partial charge in [0.05, 0.1) is 12.2 Å². The van der Waals surface area contributed by atoms with E-state index >= 15 is 0 Å². The predicted octanol–water partition coefficient (Wildman–Crippen LogP) is 2.81. The van der Waals surface area contributed by atoms with Gasteiger partial charge in [0.1, 0.15) is 5.69 Å². The fourth-order valence-corrected chi connectivity index (χ4v) is 1.55. The highest BCUT2D eigenvalue weighted by Gasteiger charge is 2.10. The number of carbonyl (C=O) groups is 1. The van der Waals surface area contributed by atoms with Crippen LogP contribution in [0.15, 0.2) is 30.3 Å². The Labute approximate surface area is 111 Å². The van der Waals surface area contributed by atoms with E-state index in [4.69, 9.17) is 5.11 Å². The van der Waals surface area contributed by atoms with Crippen LogP contribution in [0.2, 0.25) is 0 Å². The largest absolute Gasteiger partial charge is 0.477 e. The molecule has 0 aliphatic carbocycles. The molecule has 0 unspecified atom stereocenters. The van der Waals surface area contributed by atoms with Gasteiger partial charge in [-0.1, -0.05) is 6.07 Å². The van der Waals surface area contributed by atoms with Crippen LogP contribution in [0.1, 0.15) is 16.2 Å². The number of anilines is 1. The number of nitrogens with one attached hydrogen (secondary N) is 1. The molecule has 1 aromatic heterocycles. The highest BCUT2D eigenvalue weighted by molar-refractivity contribution is 5.85. The SMILES string of the molecule is O=C(O)c1cccc(CNc2cc(F)c(F)c(F)c2)n1. The fraction of sp³-hybridized carbons (Fsp3) is 0.0769. The minimum Gasteiger partial charge on any atom is -0.477 e. The number of aromatic carboxylic acids is 1. The Kier molecular flexibility index (Phi) is 3.88. The van der Waals surface area contributed by atoms with Gasteiger partial charge in [0.25, 0.3) is 0 Å². The van der Waals surface area contributed by atoms with Crippen molar-refractivity contribution in [1.82, 2.24) is 4.98 Å². The molecule has 0 atom stereocenters. The first-order chi connectivity index (χ1) is 9.47. The van der Waals surface area contributed by atoms with Gasteiger partial charge in [0.2, 0.25) is 0 Å². The highest BCUT2D eigenvalue weighted by atomic mass is 19.2. The molecule has 1 heterocycles. The number of hydrogen-bond acceptors (Lipinski definition) is 3. The van der Waals surface area contributed by atoms with Crippen molar-refractivity contribution >= 4 is 11.7 Å². The van der Waals surface area contributed by atoms with Crippen LogP contribution in [-0.4, -0.2) is 16.1 Å². The van der Waals surface area contributed by atoms with Gasteiger partial charge in [-0.25, -0.2) is 22.9 Å². The van der Waals surface area contributed by atoms with E-state index in [1.807, 2.05) is 0 Å². The molecule has 0 saturated carbocycles. The average molecular weight is 282 g/mol. The van der Waals surface area contributed by atoms with Crippen molar-refractivity contribution in [2.75, 3.05) is 5.32 Å². The first kappa shape index (κ1) is 13.9. The summed E-state index contributed by atoms with van der Waals surface area (Å²) in [5.41, 5.74) is 0.264. The summed E-state index contributed by atoms with van der Waals surface area (Å²) in [5.74, 6) is -5.33. The second kappa shape index (κ2) is 5.60. The summed E-state index contributed by atoms with van der Waals surface area (Å²) >= 11 is 0. The molecule has 4 nitrogen and oxygen atoms in total. The fourth-order valence-electron chi connectivity index (χ4n) is 1.55. The first-order valence-corrected chi connectivity index (χ1v) is 5.55. The van der Waals surface area contributed by atoms with Gasteiger partial charge >= 0.3 is 5.97 Å². The number of nitrogens with zero attached hydrogens (tertiary/aromatic N) is 1. The van der Waals surface area contributed by atoms with Gasteiger partial charge < -0.3 is 10.4 Å². The minimum absolute atomic E-state index is 0.0314. The standard InChI is InChI=1S/C13H9F3N2O2/c14-9-4-8(5-10(15)12(9)16)17-6-7-2-1-3-11(18-7)13(19)20/h1-5,17H,6H2,(H,19,20). The van der Waals surface area contributed by atoms with Crippen molar-refractivity contribution in [3.63, 3.8) is 0 Å². The van der Waals surface area contributed by atoms with Gasteiger partial charge in [-0.2, -0.15) is 0 Å².